The molecule has 1 saturated heterocycles. The van der Waals surface area contributed by atoms with Crippen LogP contribution in [0.4, 0.5) is 0 Å². The molecule has 8 heteroatoms. The molecule has 1 unspecified atom stereocenters. The van der Waals surface area contributed by atoms with E-state index < -0.39 is 17.7 Å². The van der Waals surface area contributed by atoms with Crippen LogP contribution in [0.2, 0.25) is 0 Å². The smallest absolute Gasteiger partial charge is 0.295 e. The topological polar surface area (TPSA) is 101 Å². The van der Waals surface area contributed by atoms with Gasteiger partial charge in [0.25, 0.3) is 11.7 Å². The van der Waals surface area contributed by atoms with E-state index >= 15 is 0 Å². The number of ketones is 1. The van der Waals surface area contributed by atoms with E-state index in [0.717, 1.165) is 22.2 Å². The van der Waals surface area contributed by atoms with Crippen LogP contribution in [-0.4, -0.2) is 54.6 Å². The molecular weight excluding hydrogens is 484 g/mol. The van der Waals surface area contributed by atoms with Gasteiger partial charge in [-0.25, -0.2) is 0 Å². The number of aliphatic hydroxyl groups excluding tert-OH is 1. The van der Waals surface area contributed by atoms with E-state index in [0.29, 0.717) is 29.0 Å². The van der Waals surface area contributed by atoms with Gasteiger partial charge in [-0.15, -0.1) is 0 Å². The molecule has 1 aliphatic heterocycles. The molecule has 38 heavy (non-hydrogen) atoms. The van der Waals surface area contributed by atoms with Gasteiger partial charge >= 0.3 is 0 Å². The number of likely N-dealkylation sites (tertiary alicyclic amines) is 1. The molecule has 4 aromatic rings. The van der Waals surface area contributed by atoms with Gasteiger partial charge in [0, 0.05) is 29.2 Å². The highest BCUT2D eigenvalue weighted by Gasteiger charge is 2.45. The molecule has 3 aromatic carbocycles. The molecule has 1 aliphatic rings. The number of nitrogens with one attached hydrogen (secondary N) is 1. The summed E-state index contributed by atoms with van der Waals surface area (Å²) < 4.78 is 15.9. The highest BCUT2D eigenvalue weighted by Crippen LogP contribution is 2.40. The van der Waals surface area contributed by atoms with Gasteiger partial charge in [-0.2, -0.15) is 0 Å². The average Bonchev–Trinajstić information content (AvgIpc) is 3.48. The Bertz CT molecular complexity index is 1520. The number of nitrogens with zero attached hydrogens (tertiary/aromatic N) is 1. The summed E-state index contributed by atoms with van der Waals surface area (Å²) >= 11 is 0. The highest BCUT2D eigenvalue weighted by molar-refractivity contribution is 6.46. The molecule has 0 spiro atoms. The number of aliphatic hydroxyl groups is 1. The number of aromatic nitrogens is 1. The summed E-state index contributed by atoms with van der Waals surface area (Å²) in [6, 6.07) is 18.9. The SMILES string of the molecule is COc1ccc(/C(O)=C2/C(=O)C(=O)N(CCc3c[nH]c4ccc(OC)cc34)C2c2ccc(OC)cc2)cc1. The molecule has 5 rings (SSSR count). The van der Waals surface area contributed by atoms with Crippen LogP contribution in [-0.2, 0) is 16.0 Å². The van der Waals surface area contributed by atoms with Crippen molar-refractivity contribution in [1.29, 1.82) is 0 Å². The summed E-state index contributed by atoms with van der Waals surface area (Å²) in [6.45, 7) is 0.269. The zero-order valence-corrected chi connectivity index (χ0v) is 21.4. The van der Waals surface area contributed by atoms with Crippen LogP contribution in [0.25, 0.3) is 16.7 Å². The first-order valence-electron chi connectivity index (χ1n) is 12.2. The Hall–Kier alpha value is -4.72. The number of hydrogen-bond donors (Lipinski definition) is 2. The van der Waals surface area contributed by atoms with Crippen molar-refractivity contribution in [3.8, 4) is 17.2 Å². The number of rotatable bonds is 8. The second-order valence-electron chi connectivity index (χ2n) is 8.97. The third-order valence-corrected chi connectivity index (χ3v) is 6.93. The summed E-state index contributed by atoms with van der Waals surface area (Å²) in [7, 11) is 4.74. The van der Waals surface area contributed by atoms with Crippen LogP contribution in [0.15, 0.2) is 78.5 Å². The molecule has 0 aliphatic carbocycles. The Morgan fingerprint density at radius 2 is 1.47 bits per heavy atom. The normalized spacial score (nSPS) is 16.7. The van der Waals surface area contributed by atoms with Crippen LogP contribution in [0.3, 0.4) is 0 Å². The number of Topliss-reactive ketones (excluding diaryl/α,β-unsaturated/α-hetero) is 1. The monoisotopic (exact) mass is 512 g/mol. The Morgan fingerprint density at radius 1 is 0.868 bits per heavy atom. The number of ether oxygens (including phenoxy) is 3. The highest BCUT2D eigenvalue weighted by atomic mass is 16.5. The Labute approximate surface area is 220 Å². The van der Waals surface area contributed by atoms with Gasteiger partial charge in [-0.1, -0.05) is 12.1 Å². The molecule has 0 saturated carbocycles. The zero-order chi connectivity index (χ0) is 26.8. The fraction of sp³-hybridized carbons (Fsp3) is 0.200. The molecule has 2 heterocycles. The Morgan fingerprint density at radius 3 is 2.11 bits per heavy atom. The van der Waals surface area contributed by atoms with Gasteiger partial charge in [0.1, 0.15) is 23.0 Å². The van der Waals surface area contributed by atoms with Crippen molar-refractivity contribution in [3.63, 3.8) is 0 Å². The minimum absolute atomic E-state index is 0.0472. The second-order valence-corrected chi connectivity index (χ2v) is 8.97. The van der Waals surface area contributed by atoms with Gasteiger partial charge in [-0.3, -0.25) is 9.59 Å². The van der Waals surface area contributed by atoms with Crippen molar-refractivity contribution in [2.75, 3.05) is 27.9 Å². The summed E-state index contributed by atoms with van der Waals surface area (Å²) in [6.07, 6.45) is 2.40. The summed E-state index contributed by atoms with van der Waals surface area (Å²) in [4.78, 5) is 31.5. The number of hydrogen-bond acceptors (Lipinski definition) is 6. The molecule has 2 N–H and O–H groups in total. The maximum atomic E-state index is 13.3. The lowest BCUT2D eigenvalue weighted by Gasteiger charge is -2.25. The predicted octanol–water partition coefficient (Wildman–Crippen LogP) is 4.86. The number of H-pyrrole nitrogens is 1. The number of aromatic amines is 1. The number of benzene rings is 3. The van der Waals surface area contributed by atoms with Crippen LogP contribution >= 0.6 is 0 Å². The quantitative estimate of drug-likeness (QED) is 0.199. The number of fused-ring (bicyclic) bond motifs is 1. The first kappa shape index (κ1) is 25.0. The van der Waals surface area contributed by atoms with E-state index in [1.807, 2.05) is 24.4 Å². The van der Waals surface area contributed by atoms with Gasteiger partial charge in [0.05, 0.1) is 32.9 Å². The number of amides is 1. The fourth-order valence-corrected chi connectivity index (χ4v) is 4.88. The van der Waals surface area contributed by atoms with Crippen molar-refractivity contribution in [2.24, 2.45) is 0 Å². The molecule has 1 amide bonds. The summed E-state index contributed by atoms with van der Waals surface area (Å²) in [5.41, 5.74) is 3.11. The van der Waals surface area contributed by atoms with E-state index in [1.54, 1.807) is 69.9 Å². The number of carbonyl (C=O) groups excluding carboxylic acids is 2. The molecule has 0 bridgehead atoms. The van der Waals surface area contributed by atoms with Crippen molar-refractivity contribution in [1.82, 2.24) is 9.88 Å². The van der Waals surface area contributed by atoms with E-state index in [1.165, 1.54) is 4.90 Å². The minimum Gasteiger partial charge on any atom is -0.507 e. The predicted molar refractivity (Wildman–Crippen MR) is 144 cm³/mol. The summed E-state index contributed by atoms with van der Waals surface area (Å²) in [5.74, 6) is 0.387. The Kier molecular flexibility index (Phi) is 6.79. The average molecular weight is 513 g/mol. The van der Waals surface area contributed by atoms with Crippen molar-refractivity contribution in [3.05, 3.63) is 95.2 Å². The molecule has 1 atom stereocenters. The Balaban J connectivity index is 1.54. The number of carbonyl (C=O) groups is 2. The third kappa shape index (κ3) is 4.45. The van der Waals surface area contributed by atoms with E-state index in [4.69, 9.17) is 14.2 Å². The second kappa shape index (κ2) is 10.3. The molecule has 1 fully saturated rings. The van der Waals surface area contributed by atoms with Crippen LogP contribution in [0.1, 0.15) is 22.7 Å². The lowest BCUT2D eigenvalue weighted by atomic mass is 9.95. The van der Waals surface area contributed by atoms with Gasteiger partial charge < -0.3 is 29.2 Å². The maximum absolute atomic E-state index is 13.3. The third-order valence-electron chi connectivity index (χ3n) is 6.93. The van der Waals surface area contributed by atoms with Gasteiger partial charge in [0.15, 0.2) is 0 Å². The van der Waals surface area contributed by atoms with E-state index in [2.05, 4.69) is 4.98 Å². The van der Waals surface area contributed by atoms with Crippen LogP contribution in [0, 0.1) is 0 Å². The van der Waals surface area contributed by atoms with Crippen LogP contribution < -0.4 is 14.2 Å². The molecular formula is C30H28N2O6. The molecule has 194 valence electrons. The van der Waals surface area contributed by atoms with E-state index in [9.17, 15) is 14.7 Å². The largest absolute Gasteiger partial charge is 0.507 e. The maximum Gasteiger partial charge on any atom is 0.295 e. The lowest BCUT2D eigenvalue weighted by Crippen LogP contribution is -2.31. The number of methoxy groups -OCH3 is 3. The first-order valence-corrected chi connectivity index (χ1v) is 12.2. The standard InChI is InChI=1S/C30H28N2O6/c1-36-21-8-4-18(5-9-21)27-26(28(33)19-6-10-22(37-2)11-7-19)29(34)30(35)32(27)15-14-20-17-31-25-13-12-23(38-3)16-24(20)25/h4-13,16-17,27,31,33H,14-15H2,1-3H3/b28-26-. The minimum atomic E-state index is -0.761. The van der Waals surface area contributed by atoms with Gasteiger partial charge in [0.2, 0.25) is 0 Å². The van der Waals surface area contributed by atoms with Crippen LogP contribution in [0.5, 0.6) is 17.2 Å². The zero-order valence-electron chi connectivity index (χ0n) is 21.4. The lowest BCUT2D eigenvalue weighted by molar-refractivity contribution is -0.139. The van der Waals surface area contributed by atoms with Crippen molar-refractivity contribution < 1.29 is 28.9 Å². The van der Waals surface area contributed by atoms with Crippen molar-refractivity contribution in [2.45, 2.75) is 12.5 Å². The van der Waals surface area contributed by atoms with Gasteiger partial charge in [-0.05, 0) is 72.1 Å². The van der Waals surface area contributed by atoms with E-state index in [-0.39, 0.29) is 17.9 Å². The first-order chi connectivity index (χ1) is 18.4. The molecule has 8 nitrogen and oxygen atoms in total. The van der Waals surface area contributed by atoms with Crippen molar-refractivity contribution >= 4 is 28.4 Å². The molecule has 0 radical (unpaired) electrons. The molecule has 1 aromatic heterocycles. The summed E-state index contributed by atoms with van der Waals surface area (Å²) in [5, 5.41) is 12.3. The fourth-order valence-electron chi connectivity index (χ4n) is 4.88.